The SMILES string of the molecule is COCC(NC(=O)NCC(C)(O)c1cccs1)c1ccccc1. The summed E-state index contributed by atoms with van der Waals surface area (Å²) in [5.74, 6) is 0. The molecule has 0 aliphatic heterocycles. The van der Waals surface area contributed by atoms with Gasteiger partial charge in [0.05, 0.1) is 19.2 Å². The van der Waals surface area contributed by atoms with Gasteiger partial charge in [-0.3, -0.25) is 0 Å². The molecule has 1 aromatic heterocycles. The highest BCUT2D eigenvalue weighted by atomic mass is 32.1. The molecule has 0 radical (unpaired) electrons. The van der Waals surface area contributed by atoms with Crippen LogP contribution in [0, 0.1) is 0 Å². The summed E-state index contributed by atoms with van der Waals surface area (Å²) in [5.41, 5.74) is -0.121. The number of aliphatic hydroxyl groups is 1. The first-order valence-corrected chi connectivity index (χ1v) is 8.25. The fourth-order valence-corrected chi connectivity index (χ4v) is 2.99. The molecule has 5 nitrogen and oxygen atoms in total. The molecule has 0 fully saturated rings. The van der Waals surface area contributed by atoms with E-state index in [0.717, 1.165) is 10.4 Å². The zero-order valence-electron chi connectivity index (χ0n) is 13.3. The molecule has 0 aliphatic rings. The predicted octanol–water partition coefficient (Wildman–Crippen LogP) is 2.64. The van der Waals surface area contributed by atoms with Crippen LogP contribution in [0.25, 0.3) is 0 Å². The third-order valence-corrected chi connectivity index (χ3v) is 4.61. The van der Waals surface area contributed by atoms with Gasteiger partial charge in [0.15, 0.2) is 0 Å². The standard InChI is InChI=1S/C17H22N2O3S/c1-17(21,15-9-6-10-23-15)12-18-16(20)19-14(11-22-2)13-7-4-3-5-8-13/h3-10,14,21H,11-12H2,1-2H3,(H2,18,19,20). The average Bonchev–Trinajstić information content (AvgIpc) is 3.09. The summed E-state index contributed by atoms with van der Waals surface area (Å²) in [4.78, 5) is 12.9. The maximum atomic E-state index is 12.1. The zero-order chi connectivity index (χ0) is 16.7. The number of carbonyl (C=O) groups excluding carboxylic acids is 1. The van der Waals surface area contributed by atoms with Gasteiger partial charge in [-0.1, -0.05) is 36.4 Å². The third kappa shape index (κ3) is 5.06. The Morgan fingerprint density at radius 2 is 2.04 bits per heavy atom. The molecule has 0 saturated heterocycles. The molecule has 124 valence electrons. The average molecular weight is 334 g/mol. The van der Waals surface area contributed by atoms with E-state index in [9.17, 15) is 9.90 Å². The van der Waals surface area contributed by atoms with Crippen LogP contribution in [0.5, 0.6) is 0 Å². The summed E-state index contributed by atoms with van der Waals surface area (Å²) in [6, 6.07) is 12.8. The Labute approximate surface area is 140 Å². The van der Waals surface area contributed by atoms with Crippen LogP contribution in [0.1, 0.15) is 23.4 Å². The lowest BCUT2D eigenvalue weighted by Gasteiger charge is -2.24. The van der Waals surface area contributed by atoms with Crippen molar-refractivity contribution in [2.24, 2.45) is 0 Å². The van der Waals surface area contributed by atoms with Crippen LogP contribution in [0.4, 0.5) is 4.79 Å². The Balaban J connectivity index is 1.92. The van der Waals surface area contributed by atoms with Crippen LogP contribution in [0.3, 0.4) is 0 Å². The lowest BCUT2D eigenvalue weighted by Crippen LogP contribution is -2.45. The third-order valence-electron chi connectivity index (χ3n) is 3.49. The van der Waals surface area contributed by atoms with Crippen molar-refractivity contribution in [3.8, 4) is 0 Å². The van der Waals surface area contributed by atoms with Crippen molar-refractivity contribution < 1.29 is 14.6 Å². The predicted molar refractivity (Wildman–Crippen MR) is 91.5 cm³/mol. The largest absolute Gasteiger partial charge is 0.383 e. The van der Waals surface area contributed by atoms with Crippen LogP contribution < -0.4 is 10.6 Å². The highest BCUT2D eigenvalue weighted by molar-refractivity contribution is 7.10. The number of benzene rings is 1. The number of nitrogens with one attached hydrogen (secondary N) is 2. The molecule has 0 spiro atoms. The molecule has 2 atom stereocenters. The maximum Gasteiger partial charge on any atom is 0.315 e. The second-order valence-electron chi connectivity index (χ2n) is 5.50. The Hall–Kier alpha value is -1.89. The smallest absolute Gasteiger partial charge is 0.315 e. The Bertz CT molecular complexity index is 600. The minimum atomic E-state index is -1.09. The molecule has 6 heteroatoms. The summed E-state index contributed by atoms with van der Waals surface area (Å²) in [6.45, 7) is 2.19. The maximum absolute atomic E-state index is 12.1. The van der Waals surface area contributed by atoms with Gasteiger partial charge >= 0.3 is 6.03 Å². The van der Waals surface area contributed by atoms with E-state index in [1.165, 1.54) is 11.3 Å². The van der Waals surface area contributed by atoms with Crippen molar-refractivity contribution in [2.75, 3.05) is 20.3 Å². The van der Waals surface area contributed by atoms with Crippen LogP contribution in [-0.4, -0.2) is 31.4 Å². The molecule has 0 bridgehead atoms. The minimum Gasteiger partial charge on any atom is -0.383 e. The van der Waals surface area contributed by atoms with Gasteiger partial charge in [0, 0.05) is 12.0 Å². The van der Waals surface area contributed by atoms with Crippen molar-refractivity contribution in [3.05, 3.63) is 58.3 Å². The van der Waals surface area contributed by atoms with Gasteiger partial charge in [-0.25, -0.2) is 4.79 Å². The van der Waals surface area contributed by atoms with E-state index in [1.54, 1.807) is 14.0 Å². The molecule has 23 heavy (non-hydrogen) atoms. The van der Waals surface area contributed by atoms with Gasteiger partial charge < -0.3 is 20.5 Å². The van der Waals surface area contributed by atoms with E-state index in [1.807, 2.05) is 47.8 Å². The Morgan fingerprint density at radius 3 is 2.65 bits per heavy atom. The molecule has 0 saturated carbocycles. The lowest BCUT2D eigenvalue weighted by molar-refractivity contribution is 0.0627. The summed E-state index contributed by atoms with van der Waals surface area (Å²) < 4.78 is 5.17. The van der Waals surface area contributed by atoms with Gasteiger partial charge in [0.2, 0.25) is 0 Å². The summed E-state index contributed by atoms with van der Waals surface area (Å²) in [6.07, 6.45) is 0. The number of thiophene rings is 1. The van der Waals surface area contributed by atoms with Gasteiger partial charge in [0.25, 0.3) is 0 Å². The number of amides is 2. The summed E-state index contributed by atoms with van der Waals surface area (Å²) in [5, 5.41) is 17.9. The van der Waals surface area contributed by atoms with E-state index < -0.39 is 5.60 Å². The van der Waals surface area contributed by atoms with Gasteiger partial charge in [-0.05, 0) is 23.9 Å². The molecule has 1 heterocycles. The Morgan fingerprint density at radius 1 is 1.30 bits per heavy atom. The molecule has 0 aliphatic carbocycles. The summed E-state index contributed by atoms with van der Waals surface area (Å²) in [7, 11) is 1.59. The molecular formula is C17H22N2O3S. The quantitative estimate of drug-likeness (QED) is 0.729. The topological polar surface area (TPSA) is 70.6 Å². The molecular weight excluding hydrogens is 312 g/mol. The zero-order valence-corrected chi connectivity index (χ0v) is 14.1. The van der Waals surface area contributed by atoms with E-state index in [2.05, 4.69) is 10.6 Å². The molecule has 2 unspecified atom stereocenters. The second kappa shape index (κ2) is 8.10. The van der Waals surface area contributed by atoms with E-state index in [4.69, 9.17) is 4.74 Å². The first kappa shape index (κ1) is 17.5. The molecule has 1 aromatic carbocycles. The second-order valence-corrected chi connectivity index (χ2v) is 6.44. The van der Waals surface area contributed by atoms with Gasteiger partial charge in [0.1, 0.15) is 5.60 Å². The van der Waals surface area contributed by atoms with Crippen molar-refractivity contribution in [1.82, 2.24) is 10.6 Å². The molecule has 2 aromatic rings. The number of ether oxygens (including phenoxy) is 1. The number of carbonyl (C=O) groups is 1. The van der Waals surface area contributed by atoms with Crippen LogP contribution in [0.15, 0.2) is 47.8 Å². The van der Waals surface area contributed by atoms with Crippen molar-refractivity contribution >= 4 is 17.4 Å². The van der Waals surface area contributed by atoms with Gasteiger partial charge in [-0.2, -0.15) is 0 Å². The number of hydrogen-bond donors (Lipinski definition) is 3. The van der Waals surface area contributed by atoms with Crippen LogP contribution in [0.2, 0.25) is 0 Å². The highest BCUT2D eigenvalue weighted by Crippen LogP contribution is 2.24. The molecule has 2 rings (SSSR count). The summed E-state index contributed by atoms with van der Waals surface area (Å²) >= 11 is 1.46. The molecule has 2 amide bonds. The van der Waals surface area contributed by atoms with Crippen molar-refractivity contribution in [1.29, 1.82) is 0 Å². The first-order valence-electron chi connectivity index (χ1n) is 7.37. The van der Waals surface area contributed by atoms with Crippen LogP contribution >= 0.6 is 11.3 Å². The normalized spacial score (nSPS) is 14.7. The molecule has 3 N–H and O–H groups in total. The van der Waals surface area contributed by atoms with E-state index in [-0.39, 0.29) is 18.6 Å². The van der Waals surface area contributed by atoms with Gasteiger partial charge in [-0.15, -0.1) is 11.3 Å². The highest BCUT2D eigenvalue weighted by Gasteiger charge is 2.25. The minimum absolute atomic E-state index is 0.133. The van der Waals surface area contributed by atoms with Crippen molar-refractivity contribution in [2.45, 2.75) is 18.6 Å². The first-order chi connectivity index (χ1) is 11.0. The number of methoxy groups -OCH3 is 1. The van der Waals surface area contributed by atoms with Crippen molar-refractivity contribution in [3.63, 3.8) is 0 Å². The van der Waals surface area contributed by atoms with Crippen LogP contribution in [-0.2, 0) is 10.3 Å². The fourth-order valence-electron chi connectivity index (χ4n) is 2.21. The lowest BCUT2D eigenvalue weighted by atomic mass is 10.1. The number of hydrogen-bond acceptors (Lipinski definition) is 4. The Kier molecular flexibility index (Phi) is 6.15. The number of rotatable bonds is 7. The monoisotopic (exact) mass is 334 g/mol. The van der Waals surface area contributed by atoms with E-state index >= 15 is 0 Å². The fraction of sp³-hybridized carbons (Fsp3) is 0.353. The number of urea groups is 1. The van der Waals surface area contributed by atoms with E-state index in [0.29, 0.717) is 6.61 Å².